The molecule has 1 nitrogen and oxygen atoms in total. The molecule has 1 aromatic heterocycles. The Morgan fingerprint density at radius 3 is 2.19 bits per heavy atom. The Morgan fingerprint density at radius 2 is 1.52 bits per heavy atom. The highest BCUT2D eigenvalue weighted by Gasteiger charge is 2.56. The van der Waals surface area contributed by atoms with E-state index in [2.05, 4.69) is 106 Å². The maximum atomic E-state index is 2.53. The third-order valence-electron chi connectivity index (χ3n) is 7.30. The first-order valence-electron chi connectivity index (χ1n) is 10.2. The Morgan fingerprint density at radius 1 is 0.815 bits per heavy atom. The number of nitrogens with zero attached hydrogens (tertiary/aromatic N) is 1. The van der Waals surface area contributed by atoms with E-state index in [0.717, 1.165) is 12.8 Å². The highest BCUT2D eigenvalue weighted by molar-refractivity contribution is 5.77. The lowest BCUT2D eigenvalue weighted by Crippen LogP contribution is -2.67. The van der Waals surface area contributed by atoms with E-state index in [0.29, 0.717) is 0 Å². The molecule has 1 aliphatic heterocycles. The van der Waals surface area contributed by atoms with Crippen LogP contribution < -0.4 is 4.57 Å². The topological polar surface area (TPSA) is 3.88 Å². The standard InChI is InChI=1S/C26H30N/c1-6-25(4)23-17-19(3)21(20-13-9-8-10-14-20)18-22(23)24-15-11-12-16-27(24)26(25,5)7-2/h8-18H,6-7H2,1-5H3/q+1. The van der Waals surface area contributed by atoms with Crippen molar-refractivity contribution >= 4 is 0 Å². The van der Waals surface area contributed by atoms with Gasteiger partial charge < -0.3 is 0 Å². The van der Waals surface area contributed by atoms with Crippen LogP contribution in [0.1, 0.15) is 51.7 Å². The van der Waals surface area contributed by atoms with Crippen LogP contribution in [0.3, 0.4) is 0 Å². The van der Waals surface area contributed by atoms with Crippen molar-refractivity contribution in [3.63, 3.8) is 0 Å². The fraction of sp³-hybridized carbons (Fsp3) is 0.346. The van der Waals surface area contributed by atoms with E-state index in [1.165, 1.54) is 33.5 Å². The normalized spacial score (nSPS) is 23.6. The molecule has 4 rings (SSSR count). The van der Waals surface area contributed by atoms with Gasteiger partial charge in [-0.2, -0.15) is 4.57 Å². The van der Waals surface area contributed by atoms with Crippen molar-refractivity contribution in [1.29, 1.82) is 0 Å². The van der Waals surface area contributed by atoms with E-state index in [4.69, 9.17) is 0 Å². The minimum atomic E-state index is 0.0616. The molecule has 0 saturated heterocycles. The van der Waals surface area contributed by atoms with Crippen molar-refractivity contribution in [3.8, 4) is 22.4 Å². The van der Waals surface area contributed by atoms with E-state index in [1.54, 1.807) is 0 Å². The minimum Gasteiger partial charge on any atom is -0.192 e. The van der Waals surface area contributed by atoms with Gasteiger partial charge in [0.15, 0.2) is 11.7 Å². The summed E-state index contributed by atoms with van der Waals surface area (Å²) in [4.78, 5) is 0. The average molecular weight is 357 g/mol. The predicted octanol–water partition coefficient (Wildman–Crippen LogP) is 6.42. The van der Waals surface area contributed by atoms with Gasteiger partial charge in [0.05, 0.1) is 11.0 Å². The Hall–Kier alpha value is -2.41. The number of benzene rings is 2. The Kier molecular flexibility index (Phi) is 4.22. The SMILES string of the molecule is CCC1(C)c2cc(C)c(-c3ccccc3)cc2-c2cccc[n+]2C1(C)CC. The van der Waals surface area contributed by atoms with Crippen LogP contribution in [0.4, 0.5) is 0 Å². The Labute approximate surface area is 163 Å². The van der Waals surface area contributed by atoms with Crippen LogP contribution in [0, 0.1) is 6.92 Å². The molecule has 0 bridgehead atoms. The van der Waals surface area contributed by atoms with Gasteiger partial charge in [-0.1, -0.05) is 50.2 Å². The van der Waals surface area contributed by atoms with E-state index >= 15 is 0 Å². The van der Waals surface area contributed by atoms with E-state index in [9.17, 15) is 0 Å². The van der Waals surface area contributed by atoms with Crippen LogP contribution in [0.2, 0.25) is 0 Å². The number of hydrogen-bond acceptors (Lipinski definition) is 0. The van der Waals surface area contributed by atoms with Crippen LogP contribution in [-0.2, 0) is 11.0 Å². The van der Waals surface area contributed by atoms with Gasteiger partial charge in [0.1, 0.15) is 0 Å². The molecule has 0 aliphatic carbocycles. The third-order valence-corrected chi connectivity index (χ3v) is 7.30. The number of fused-ring (bicyclic) bond motifs is 3. The summed E-state index contributed by atoms with van der Waals surface area (Å²) in [6, 6.07) is 22.3. The summed E-state index contributed by atoms with van der Waals surface area (Å²) in [7, 11) is 0. The summed E-state index contributed by atoms with van der Waals surface area (Å²) in [6.45, 7) is 11.8. The van der Waals surface area contributed by atoms with Crippen LogP contribution in [0.5, 0.6) is 0 Å². The molecular formula is C26H30N+. The molecule has 2 unspecified atom stereocenters. The molecule has 2 heterocycles. The molecule has 3 aromatic rings. The zero-order valence-electron chi connectivity index (χ0n) is 17.2. The van der Waals surface area contributed by atoms with Crippen molar-refractivity contribution in [2.24, 2.45) is 0 Å². The first-order valence-corrected chi connectivity index (χ1v) is 10.2. The van der Waals surface area contributed by atoms with Crippen LogP contribution in [-0.4, -0.2) is 0 Å². The molecule has 0 spiro atoms. The molecule has 0 saturated carbocycles. The Balaban J connectivity index is 2.07. The molecule has 138 valence electrons. The van der Waals surface area contributed by atoms with E-state index in [1.807, 2.05) is 0 Å². The summed E-state index contributed by atoms with van der Waals surface area (Å²) in [6.07, 6.45) is 4.51. The quantitative estimate of drug-likeness (QED) is 0.477. The van der Waals surface area contributed by atoms with Gasteiger partial charge in [-0.25, -0.2) is 0 Å². The van der Waals surface area contributed by atoms with Crippen molar-refractivity contribution < 1.29 is 4.57 Å². The fourth-order valence-corrected chi connectivity index (χ4v) is 5.09. The van der Waals surface area contributed by atoms with Gasteiger partial charge in [0.2, 0.25) is 5.69 Å². The second kappa shape index (κ2) is 6.34. The number of aromatic nitrogens is 1. The number of hydrogen-bond donors (Lipinski definition) is 0. The fourth-order valence-electron chi connectivity index (χ4n) is 5.09. The lowest BCUT2D eigenvalue weighted by Gasteiger charge is -2.46. The predicted molar refractivity (Wildman–Crippen MR) is 114 cm³/mol. The van der Waals surface area contributed by atoms with Crippen molar-refractivity contribution in [2.75, 3.05) is 0 Å². The zero-order valence-corrected chi connectivity index (χ0v) is 17.2. The molecule has 2 atom stereocenters. The average Bonchev–Trinajstić information content (AvgIpc) is 2.72. The summed E-state index contributed by atoms with van der Waals surface area (Å²) < 4.78 is 2.53. The maximum absolute atomic E-state index is 2.53. The van der Waals surface area contributed by atoms with Crippen molar-refractivity contribution in [1.82, 2.24) is 0 Å². The van der Waals surface area contributed by atoms with Gasteiger partial charge in [0.25, 0.3) is 0 Å². The molecule has 1 heteroatoms. The molecule has 0 amide bonds. The lowest BCUT2D eigenvalue weighted by molar-refractivity contribution is -0.765. The first kappa shape index (κ1) is 18.0. The highest BCUT2D eigenvalue weighted by atomic mass is 15.1. The van der Waals surface area contributed by atoms with Crippen LogP contribution >= 0.6 is 0 Å². The van der Waals surface area contributed by atoms with Crippen LogP contribution in [0.25, 0.3) is 22.4 Å². The monoisotopic (exact) mass is 356 g/mol. The number of aryl methyl sites for hydroxylation is 1. The van der Waals surface area contributed by atoms with Crippen molar-refractivity contribution in [3.05, 3.63) is 78.0 Å². The number of pyridine rings is 1. The summed E-state index contributed by atoms with van der Waals surface area (Å²) in [5.41, 5.74) is 8.36. The van der Waals surface area contributed by atoms with E-state index < -0.39 is 0 Å². The molecule has 0 N–H and O–H groups in total. The number of rotatable bonds is 3. The second-order valence-electron chi connectivity index (χ2n) is 8.35. The van der Waals surface area contributed by atoms with Gasteiger partial charge in [0, 0.05) is 25.5 Å². The lowest BCUT2D eigenvalue weighted by atomic mass is 9.60. The first-order chi connectivity index (χ1) is 13.0. The van der Waals surface area contributed by atoms with E-state index in [-0.39, 0.29) is 11.0 Å². The summed E-state index contributed by atoms with van der Waals surface area (Å²) >= 11 is 0. The summed E-state index contributed by atoms with van der Waals surface area (Å²) in [5.74, 6) is 0. The molecule has 1 aliphatic rings. The third kappa shape index (κ3) is 2.41. The maximum Gasteiger partial charge on any atom is 0.213 e. The largest absolute Gasteiger partial charge is 0.213 e. The van der Waals surface area contributed by atoms with Gasteiger partial charge in [-0.3, -0.25) is 0 Å². The molecule has 0 fully saturated rings. The Bertz CT molecular complexity index is 988. The van der Waals surface area contributed by atoms with Gasteiger partial charge in [-0.15, -0.1) is 0 Å². The molecule has 27 heavy (non-hydrogen) atoms. The zero-order chi connectivity index (χ0) is 19.2. The van der Waals surface area contributed by atoms with Gasteiger partial charge >= 0.3 is 0 Å². The minimum absolute atomic E-state index is 0.0616. The molecule has 2 aromatic carbocycles. The van der Waals surface area contributed by atoms with Crippen molar-refractivity contribution in [2.45, 2.75) is 58.4 Å². The smallest absolute Gasteiger partial charge is 0.192 e. The molecular weight excluding hydrogens is 326 g/mol. The summed E-state index contributed by atoms with van der Waals surface area (Å²) in [5, 5.41) is 0. The van der Waals surface area contributed by atoms with Gasteiger partial charge in [-0.05, 0) is 54.7 Å². The highest BCUT2D eigenvalue weighted by Crippen LogP contribution is 2.50. The van der Waals surface area contributed by atoms with Crippen LogP contribution in [0.15, 0.2) is 66.9 Å². The molecule has 0 radical (unpaired) electrons. The second-order valence-corrected chi connectivity index (χ2v) is 8.35.